The van der Waals surface area contributed by atoms with Crippen molar-refractivity contribution in [2.24, 2.45) is 11.8 Å². The average molecular weight is 503 g/mol. The van der Waals surface area contributed by atoms with Gasteiger partial charge in [0.1, 0.15) is 11.3 Å². The molecular formula is C29H46N2O5. The van der Waals surface area contributed by atoms with Crippen LogP contribution in [0.4, 0.5) is 4.79 Å². The van der Waals surface area contributed by atoms with E-state index in [9.17, 15) is 14.7 Å². The minimum atomic E-state index is -0.872. The standard InChI is InChI=1S/C29H46N2O5/c1-27(2,3)30-25(33)22-15-14-21(32)17-20(22)18-24-23(16-19-12-10-9-11-13-19)31(29(7,8)35-24)26(34)36-28(4,5)6/h9-13,20-24,32H,14-18H2,1-8H3,(H,30,33). The second kappa shape index (κ2) is 10.7. The van der Waals surface area contributed by atoms with Crippen LogP contribution in [0, 0.1) is 11.8 Å². The third-order valence-corrected chi connectivity index (χ3v) is 6.98. The average Bonchev–Trinajstić information content (AvgIpc) is 2.95. The van der Waals surface area contributed by atoms with Crippen molar-refractivity contribution < 1.29 is 24.2 Å². The highest BCUT2D eigenvalue weighted by Crippen LogP contribution is 2.42. The summed E-state index contributed by atoms with van der Waals surface area (Å²) in [5.74, 6) is -0.221. The van der Waals surface area contributed by atoms with Crippen molar-refractivity contribution in [3.63, 3.8) is 0 Å². The molecule has 1 heterocycles. The van der Waals surface area contributed by atoms with E-state index in [1.54, 1.807) is 4.90 Å². The topological polar surface area (TPSA) is 88.1 Å². The Morgan fingerprint density at radius 3 is 2.33 bits per heavy atom. The fourth-order valence-corrected chi connectivity index (χ4v) is 5.63. The van der Waals surface area contributed by atoms with Crippen LogP contribution in [0.5, 0.6) is 0 Å². The normalized spacial score (nSPS) is 28.6. The maximum absolute atomic E-state index is 13.4. The van der Waals surface area contributed by atoms with Gasteiger partial charge in [0, 0.05) is 11.5 Å². The third-order valence-electron chi connectivity index (χ3n) is 6.98. The molecule has 2 aliphatic rings. The molecule has 36 heavy (non-hydrogen) atoms. The number of aliphatic hydroxyl groups is 1. The zero-order valence-electron chi connectivity index (χ0n) is 23.3. The van der Waals surface area contributed by atoms with Gasteiger partial charge in [-0.15, -0.1) is 0 Å². The summed E-state index contributed by atoms with van der Waals surface area (Å²) in [5.41, 5.74) is -0.727. The Labute approximate surface area is 216 Å². The number of benzene rings is 1. The molecular weight excluding hydrogens is 456 g/mol. The van der Waals surface area contributed by atoms with E-state index in [1.807, 2.05) is 73.6 Å². The minimum absolute atomic E-state index is 0.0280. The third kappa shape index (κ3) is 7.45. The summed E-state index contributed by atoms with van der Waals surface area (Å²) in [6, 6.07) is 9.81. The van der Waals surface area contributed by atoms with E-state index in [-0.39, 0.29) is 35.4 Å². The zero-order chi connectivity index (χ0) is 26.9. The van der Waals surface area contributed by atoms with Crippen molar-refractivity contribution in [1.29, 1.82) is 0 Å². The van der Waals surface area contributed by atoms with Crippen molar-refractivity contribution in [2.75, 3.05) is 0 Å². The number of aliphatic hydroxyl groups excluding tert-OH is 1. The van der Waals surface area contributed by atoms with E-state index in [4.69, 9.17) is 9.47 Å². The first-order valence-corrected chi connectivity index (χ1v) is 13.3. The lowest BCUT2D eigenvalue weighted by Gasteiger charge is -2.37. The summed E-state index contributed by atoms with van der Waals surface area (Å²) in [6.45, 7) is 15.3. The summed E-state index contributed by atoms with van der Waals surface area (Å²) in [6.07, 6.45) is 1.87. The zero-order valence-corrected chi connectivity index (χ0v) is 23.3. The number of amides is 2. The van der Waals surface area contributed by atoms with E-state index in [0.29, 0.717) is 32.1 Å². The van der Waals surface area contributed by atoms with Crippen molar-refractivity contribution in [3.05, 3.63) is 35.9 Å². The number of ether oxygens (including phenoxy) is 2. The van der Waals surface area contributed by atoms with Gasteiger partial charge in [-0.05, 0) is 99.0 Å². The molecule has 7 heteroatoms. The first-order valence-electron chi connectivity index (χ1n) is 13.3. The smallest absolute Gasteiger partial charge is 0.412 e. The molecule has 3 rings (SSSR count). The van der Waals surface area contributed by atoms with Crippen LogP contribution in [-0.4, -0.2) is 57.1 Å². The Balaban J connectivity index is 1.90. The SMILES string of the molecule is CC(C)(C)NC(=O)C1CCC(O)CC1CC1OC(C)(C)N(C(=O)OC(C)(C)C)C1Cc1ccccc1. The van der Waals surface area contributed by atoms with Gasteiger partial charge in [-0.25, -0.2) is 4.79 Å². The second-order valence-electron chi connectivity index (χ2n) is 13.0. The number of hydrogen-bond acceptors (Lipinski definition) is 5. The number of nitrogens with zero attached hydrogens (tertiary/aromatic N) is 1. The van der Waals surface area contributed by atoms with Gasteiger partial charge in [-0.2, -0.15) is 0 Å². The molecule has 0 spiro atoms. The monoisotopic (exact) mass is 502 g/mol. The van der Waals surface area contributed by atoms with Crippen LogP contribution in [0.25, 0.3) is 0 Å². The maximum atomic E-state index is 13.4. The second-order valence-corrected chi connectivity index (χ2v) is 13.0. The summed E-state index contributed by atoms with van der Waals surface area (Å²) >= 11 is 0. The highest BCUT2D eigenvalue weighted by atomic mass is 16.6. The molecule has 0 radical (unpaired) electrons. The van der Waals surface area contributed by atoms with Crippen LogP contribution in [0.1, 0.15) is 86.6 Å². The van der Waals surface area contributed by atoms with Crippen LogP contribution >= 0.6 is 0 Å². The van der Waals surface area contributed by atoms with Crippen LogP contribution in [-0.2, 0) is 20.7 Å². The van der Waals surface area contributed by atoms with E-state index in [0.717, 1.165) is 5.56 Å². The van der Waals surface area contributed by atoms with Crippen LogP contribution in [0.15, 0.2) is 30.3 Å². The predicted molar refractivity (Wildman–Crippen MR) is 140 cm³/mol. The van der Waals surface area contributed by atoms with E-state index >= 15 is 0 Å². The molecule has 1 saturated heterocycles. The molecule has 202 valence electrons. The minimum Gasteiger partial charge on any atom is -0.444 e. The highest BCUT2D eigenvalue weighted by molar-refractivity contribution is 5.79. The van der Waals surface area contributed by atoms with Crippen molar-refractivity contribution in [3.8, 4) is 0 Å². The Kier molecular flexibility index (Phi) is 8.46. The van der Waals surface area contributed by atoms with Gasteiger partial charge in [0.15, 0.2) is 0 Å². The van der Waals surface area contributed by atoms with Gasteiger partial charge in [-0.3, -0.25) is 9.69 Å². The number of rotatable bonds is 5. The summed E-state index contributed by atoms with van der Waals surface area (Å²) < 4.78 is 12.4. The number of hydrogen-bond donors (Lipinski definition) is 2. The van der Waals surface area contributed by atoms with E-state index in [2.05, 4.69) is 17.4 Å². The van der Waals surface area contributed by atoms with Crippen molar-refractivity contribution in [2.45, 2.75) is 123 Å². The summed E-state index contributed by atoms with van der Waals surface area (Å²) in [4.78, 5) is 28.4. The number of carbonyl (C=O) groups is 2. The Bertz CT molecular complexity index is 902. The van der Waals surface area contributed by atoms with Gasteiger partial charge in [0.2, 0.25) is 5.91 Å². The van der Waals surface area contributed by atoms with Gasteiger partial charge >= 0.3 is 6.09 Å². The largest absolute Gasteiger partial charge is 0.444 e. The van der Waals surface area contributed by atoms with Crippen LogP contribution < -0.4 is 5.32 Å². The van der Waals surface area contributed by atoms with Crippen LogP contribution in [0.3, 0.4) is 0 Å². The molecule has 1 aromatic carbocycles. The first-order chi connectivity index (χ1) is 16.6. The van der Waals surface area contributed by atoms with E-state index in [1.165, 1.54) is 0 Å². The lowest BCUT2D eigenvalue weighted by Crippen LogP contribution is -2.51. The van der Waals surface area contributed by atoms with Gasteiger partial charge in [0.25, 0.3) is 0 Å². The molecule has 1 aromatic rings. The lowest BCUT2D eigenvalue weighted by molar-refractivity contribution is -0.131. The maximum Gasteiger partial charge on any atom is 0.412 e. The van der Waals surface area contributed by atoms with E-state index < -0.39 is 23.5 Å². The molecule has 5 unspecified atom stereocenters. The number of carbonyl (C=O) groups excluding carboxylic acids is 2. The molecule has 1 saturated carbocycles. The quantitative estimate of drug-likeness (QED) is 0.588. The molecule has 0 aromatic heterocycles. The van der Waals surface area contributed by atoms with Gasteiger partial charge in [-0.1, -0.05) is 30.3 Å². The summed E-state index contributed by atoms with van der Waals surface area (Å²) in [7, 11) is 0. The summed E-state index contributed by atoms with van der Waals surface area (Å²) in [5, 5.41) is 13.6. The fourth-order valence-electron chi connectivity index (χ4n) is 5.63. The lowest BCUT2D eigenvalue weighted by atomic mass is 9.73. The Morgan fingerprint density at radius 1 is 1.11 bits per heavy atom. The van der Waals surface area contributed by atoms with Gasteiger partial charge < -0.3 is 19.9 Å². The van der Waals surface area contributed by atoms with Crippen molar-refractivity contribution in [1.82, 2.24) is 10.2 Å². The molecule has 1 aliphatic heterocycles. The molecule has 5 atom stereocenters. The fraction of sp³-hybridized carbons (Fsp3) is 0.724. The molecule has 7 nitrogen and oxygen atoms in total. The Hall–Kier alpha value is -2.12. The predicted octanol–water partition coefficient (Wildman–Crippen LogP) is 5.05. The molecule has 2 amide bonds. The van der Waals surface area contributed by atoms with Crippen LogP contribution in [0.2, 0.25) is 0 Å². The molecule has 2 fully saturated rings. The number of nitrogens with one attached hydrogen (secondary N) is 1. The molecule has 1 aliphatic carbocycles. The van der Waals surface area contributed by atoms with Gasteiger partial charge in [0.05, 0.1) is 18.2 Å². The molecule has 0 bridgehead atoms. The van der Waals surface area contributed by atoms with Crippen molar-refractivity contribution >= 4 is 12.0 Å². The molecule has 2 N–H and O–H groups in total. The highest BCUT2D eigenvalue weighted by Gasteiger charge is 2.52. The Morgan fingerprint density at radius 2 is 1.75 bits per heavy atom. The first kappa shape index (κ1) is 28.5.